The number of rotatable bonds is 7. The van der Waals surface area contributed by atoms with E-state index < -0.39 is 0 Å². The van der Waals surface area contributed by atoms with E-state index in [4.69, 9.17) is 9.72 Å². The Hall–Kier alpha value is -4.15. The molecule has 37 heavy (non-hydrogen) atoms. The molecule has 10 heteroatoms. The van der Waals surface area contributed by atoms with Crippen molar-refractivity contribution in [2.75, 3.05) is 26.2 Å². The normalized spacial score (nSPS) is 14.2. The molecule has 1 saturated heterocycles. The summed E-state index contributed by atoms with van der Waals surface area (Å²) in [4.78, 5) is 25.2. The van der Waals surface area contributed by atoms with E-state index in [1.54, 1.807) is 23.9 Å². The topological polar surface area (TPSA) is 109 Å². The van der Waals surface area contributed by atoms with Crippen molar-refractivity contribution >= 4 is 33.5 Å². The summed E-state index contributed by atoms with van der Waals surface area (Å²) in [7, 11) is 0. The van der Waals surface area contributed by atoms with Crippen LogP contribution in [0.15, 0.2) is 60.6 Å². The molecule has 0 aliphatic carbocycles. The van der Waals surface area contributed by atoms with E-state index in [0.29, 0.717) is 6.61 Å². The van der Waals surface area contributed by atoms with Crippen LogP contribution in [0.2, 0.25) is 0 Å². The van der Waals surface area contributed by atoms with Crippen LogP contribution in [0.4, 0.5) is 0 Å². The van der Waals surface area contributed by atoms with Crippen LogP contribution < -0.4 is 4.74 Å². The number of aromatic nitrogens is 7. The van der Waals surface area contributed by atoms with Crippen molar-refractivity contribution in [2.45, 2.75) is 12.8 Å². The molecular formula is C27H24N8OS. The number of hydrogen-bond donors (Lipinski definition) is 2. The summed E-state index contributed by atoms with van der Waals surface area (Å²) in [5.74, 6) is 0.749. The number of pyridine rings is 3. The van der Waals surface area contributed by atoms with Gasteiger partial charge in [0.05, 0.1) is 23.7 Å². The van der Waals surface area contributed by atoms with Gasteiger partial charge in [0.15, 0.2) is 5.65 Å². The van der Waals surface area contributed by atoms with E-state index in [-0.39, 0.29) is 0 Å². The summed E-state index contributed by atoms with van der Waals surface area (Å²) < 4.78 is 6.02. The number of thiophene rings is 1. The minimum absolute atomic E-state index is 0.650. The third-order valence-corrected chi connectivity index (χ3v) is 7.65. The highest BCUT2D eigenvalue weighted by Crippen LogP contribution is 2.39. The highest BCUT2D eigenvalue weighted by atomic mass is 32.1. The molecule has 9 nitrogen and oxygen atoms in total. The van der Waals surface area contributed by atoms with Crippen LogP contribution in [0.25, 0.3) is 55.2 Å². The van der Waals surface area contributed by atoms with Gasteiger partial charge in [-0.05, 0) is 55.6 Å². The van der Waals surface area contributed by atoms with Crippen LogP contribution in [0, 0.1) is 0 Å². The standard InChI is InChI=1S/C27H24N8OS/c1-2-8-35(7-1)9-10-36-18-12-17(13-28-14-18)20-5-6-21-25(32-20)24(34-33-21)19-15-29-27-26(30-16-31-27)23(19)22-4-3-11-37-22/h3-6,11-16H,1-2,7-10H2,(H,33,34)(H,29,30,31). The first kappa shape index (κ1) is 22.1. The molecule has 7 rings (SSSR count). The Morgan fingerprint density at radius 1 is 1.03 bits per heavy atom. The van der Waals surface area contributed by atoms with E-state index in [1.807, 2.05) is 36.7 Å². The molecule has 1 aliphatic rings. The Bertz CT molecular complexity index is 1680. The Morgan fingerprint density at radius 2 is 1.97 bits per heavy atom. The average molecular weight is 509 g/mol. The lowest BCUT2D eigenvalue weighted by Crippen LogP contribution is -2.25. The second-order valence-electron chi connectivity index (χ2n) is 9.10. The highest BCUT2D eigenvalue weighted by Gasteiger charge is 2.20. The Labute approximate surface area is 216 Å². The van der Waals surface area contributed by atoms with E-state index in [2.05, 4.69) is 46.5 Å². The predicted octanol–water partition coefficient (Wildman–Crippen LogP) is 5.16. The molecule has 0 spiro atoms. The molecule has 7 heterocycles. The summed E-state index contributed by atoms with van der Waals surface area (Å²) in [6.45, 7) is 3.91. The first-order valence-electron chi connectivity index (χ1n) is 12.4. The molecule has 1 fully saturated rings. The third kappa shape index (κ3) is 4.13. The van der Waals surface area contributed by atoms with Crippen molar-refractivity contribution in [3.63, 3.8) is 0 Å². The van der Waals surface area contributed by atoms with Gasteiger partial charge < -0.3 is 9.72 Å². The molecule has 184 valence electrons. The van der Waals surface area contributed by atoms with E-state index >= 15 is 0 Å². The smallest absolute Gasteiger partial charge is 0.157 e. The van der Waals surface area contributed by atoms with Crippen LogP contribution in [0.3, 0.4) is 0 Å². The maximum Gasteiger partial charge on any atom is 0.157 e. The molecular weight excluding hydrogens is 484 g/mol. The fourth-order valence-electron chi connectivity index (χ4n) is 4.92. The molecule has 6 aromatic rings. The quantitative estimate of drug-likeness (QED) is 0.307. The summed E-state index contributed by atoms with van der Waals surface area (Å²) in [5.41, 5.74) is 7.50. The van der Waals surface area contributed by atoms with E-state index in [1.165, 1.54) is 12.8 Å². The molecule has 0 saturated carbocycles. The second kappa shape index (κ2) is 9.38. The van der Waals surface area contributed by atoms with Gasteiger partial charge in [0.1, 0.15) is 29.1 Å². The van der Waals surface area contributed by atoms with Crippen LogP contribution >= 0.6 is 11.3 Å². The van der Waals surface area contributed by atoms with Gasteiger partial charge in [-0.1, -0.05) is 6.07 Å². The number of nitrogens with zero attached hydrogens (tertiary/aromatic N) is 6. The molecule has 0 unspecified atom stereocenters. The van der Waals surface area contributed by atoms with Crippen LogP contribution in [-0.2, 0) is 0 Å². The van der Waals surface area contributed by atoms with E-state index in [9.17, 15) is 0 Å². The van der Waals surface area contributed by atoms with Crippen molar-refractivity contribution in [1.82, 2.24) is 40.0 Å². The molecule has 0 aromatic carbocycles. The number of fused-ring (bicyclic) bond motifs is 2. The second-order valence-corrected chi connectivity index (χ2v) is 10.0. The molecule has 0 amide bonds. The largest absolute Gasteiger partial charge is 0.491 e. The van der Waals surface area contributed by atoms with Crippen LogP contribution in [0.1, 0.15) is 12.8 Å². The zero-order valence-electron chi connectivity index (χ0n) is 20.0. The van der Waals surface area contributed by atoms with Gasteiger partial charge in [-0.3, -0.25) is 15.0 Å². The van der Waals surface area contributed by atoms with Gasteiger partial charge in [0, 0.05) is 40.5 Å². The first-order chi connectivity index (χ1) is 18.3. The minimum Gasteiger partial charge on any atom is -0.491 e. The van der Waals surface area contributed by atoms with Crippen molar-refractivity contribution < 1.29 is 4.74 Å². The minimum atomic E-state index is 0.650. The summed E-state index contributed by atoms with van der Waals surface area (Å²) in [6, 6.07) is 10.1. The zero-order valence-corrected chi connectivity index (χ0v) is 20.8. The summed E-state index contributed by atoms with van der Waals surface area (Å²) >= 11 is 1.66. The number of ether oxygens (including phenoxy) is 1. The molecule has 2 N–H and O–H groups in total. The highest BCUT2D eigenvalue weighted by molar-refractivity contribution is 7.13. The first-order valence-corrected chi connectivity index (χ1v) is 13.2. The Kier molecular flexibility index (Phi) is 5.60. The summed E-state index contributed by atoms with van der Waals surface area (Å²) in [6.07, 6.45) is 9.65. The van der Waals surface area contributed by atoms with Crippen molar-refractivity contribution in [1.29, 1.82) is 0 Å². The number of imidazole rings is 1. The maximum absolute atomic E-state index is 6.02. The van der Waals surface area contributed by atoms with Gasteiger partial charge in [0.2, 0.25) is 0 Å². The zero-order chi connectivity index (χ0) is 24.6. The number of aromatic amines is 2. The lowest BCUT2D eigenvalue weighted by molar-refractivity contribution is 0.237. The average Bonchev–Trinajstić information content (AvgIpc) is 3.74. The van der Waals surface area contributed by atoms with Crippen LogP contribution in [-0.4, -0.2) is 66.3 Å². The van der Waals surface area contributed by atoms with Gasteiger partial charge in [-0.2, -0.15) is 5.10 Å². The lowest BCUT2D eigenvalue weighted by Gasteiger charge is -2.15. The van der Waals surface area contributed by atoms with Gasteiger partial charge in [-0.15, -0.1) is 11.3 Å². The van der Waals surface area contributed by atoms with Crippen molar-refractivity contribution in [3.8, 4) is 38.7 Å². The monoisotopic (exact) mass is 508 g/mol. The van der Waals surface area contributed by atoms with Crippen molar-refractivity contribution in [3.05, 3.63) is 60.6 Å². The Morgan fingerprint density at radius 3 is 2.86 bits per heavy atom. The fourth-order valence-corrected chi connectivity index (χ4v) is 5.71. The van der Waals surface area contributed by atoms with Crippen molar-refractivity contribution in [2.24, 2.45) is 0 Å². The van der Waals surface area contributed by atoms with Gasteiger partial charge >= 0.3 is 0 Å². The van der Waals surface area contributed by atoms with Gasteiger partial charge in [0.25, 0.3) is 0 Å². The molecule has 0 bridgehead atoms. The van der Waals surface area contributed by atoms with E-state index in [0.717, 1.165) is 80.5 Å². The third-order valence-electron chi connectivity index (χ3n) is 6.76. The number of H-pyrrole nitrogens is 2. The number of hydrogen-bond acceptors (Lipinski definition) is 8. The lowest BCUT2D eigenvalue weighted by atomic mass is 10.0. The molecule has 0 atom stereocenters. The molecule has 1 aliphatic heterocycles. The van der Waals surface area contributed by atoms with Crippen LogP contribution in [0.5, 0.6) is 5.75 Å². The number of likely N-dealkylation sites (tertiary alicyclic amines) is 1. The SMILES string of the molecule is c1csc(-c2c(-c3n[nH]c4ccc(-c5cncc(OCCN6CCCC6)c5)nc34)cnc3[nH]cnc23)c1. The number of nitrogens with one attached hydrogen (secondary N) is 2. The predicted molar refractivity (Wildman–Crippen MR) is 144 cm³/mol. The molecule has 6 aromatic heterocycles. The Balaban J connectivity index is 1.25. The molecule has 0 radical (unpaired) electrons. The van der Waals surface area contributed by atoms with Gasteiger partial charge in [-0.25, -0.2) is 15.0 Å². The fraction of sp³-hybridized carbons (Fsp3) is 0.222. The summed E-state index contributed by atoms with van der Waals surface area (Å²) in [5, 5.41) is 9.85. The maximum atomic E-state index is 6.02.